The van der Waals surface area contributed by atoms with E-state index in [0.29, 0.717) is 11.5 Å². The molecule has 194 valence electrons. The summed E-state index contributed by atoms with van der Waals surface area (Å²) in [4.78, 5) is 1.30. The van der Waals surface area contributed by atoms with E-state index in [-0.39, 0.29) is 11.5 Å². The highest BCUT2D eigenvalue weighted by Crippen LogP contribution is 2.43. The minimum absolute atomic E-state index is 0.275. The van der Waals surface area contributed by atoms with Gasteiger partial charge in [-0.1, -0.05) is 73.9 Å². The highest BCUT2D eigenvalue weighted by molar-refractivity contribution is 7.10. The van der Waals surface area contributed by atoms with Gasteiger partial charge in [-0.15, -0.1) is 17.9 Å². The van der Waals surface area contributed by atoms with Crippen LogP contribution in [0.4, 0.5) is 0 Å². The lowest BCUT2D eigenvalue weighted by atomic mass is 9.72. The van der Waals surface area contributed by atoms with Crippen LogP contribution in [0.3, 0.4) is 0 Å². The summed E-state index contributed by atoms with van der Waals surface area (Å²) in [6, 6.07) is 21.4. The van der Waals surface area contributed by atoms with Gasteiger partial charge in [-0.2, -0.15) is 5.26 Å². The van der Waals surface area contributed by atoms with E-state index in [4.69, 9.17) is 0 Å². The molecule has 3 rings (SSSR count). The van der Waals surface area contributed by atoms with Crippen molar-refractivity contribution in [2.24, 2.45) is 11.8 Å². The van der Waals surface area contributed by atoms with Crippen molar-refractivity contribution < 1.29 is 0 Å². The zero-order valence-electron chi connectivity index (χ0n) is 23.2. The fraction of sp³-hybridized carbons (Fsp3) is 0.382. The Hall–Kier alpha value is -3.09. The predicted molar refractivity (Wildman–Crippen MR) is 161 cm³/mol. The van der Waals surface area contributed by atoms with Gasteiger partial charge in [0.15, 0.2) is 0 Å². The van der Waals surface area contributed by atoms with E-state index in [0.717, 1.165) is 24.0 Å². The number of rotatable bonds is 13. The Bertz CT molecular complexity index is 1240. The van der Waals surface area contributed by atoms with Gasteiger partial charge >= 0.3 is 0 Å². The molecule has 37 heavy (non-hydrogen) atoms. The van der Waals surface area contributed by atoms with Gasteiger partial charge < -0.3 is 5.32 Å². The van der Waals surface area contributed by atoms with Gasteiger partial charge in [-0.3, -0.25) is 0 Å². The summed E-state index contributed by atoms with van der Waals surface area (Å²) < 4.78 is 0. The summed E-state index contributed by atoms with van der Waals surface area (Å²) in [5, 5.41) is 15.5. The smallest absolute Gasteiger partial charge is 0.0991 e. The molecule has 1 heterocycles. The summed E-state index contributed by atoms with van der Waals surface area (Å²) in [5.74, 6) is 0.804. The molecule has 3 aromatic rings. The van der Waals surface area contributed by atoms with Crippen molar-refractivity contribution in [3.63, 3.8) is 0 Å². The van der Waals surface area contributed by atoms with Gasteiger partial charge in [-0.05, 0) is 93.1 Å². The molecule has 0 aliphatic heterocycles. The lowest BCUT2D eigenvalue weighted by Crippen LogP contribution is -2.46. The number of benzene rings is 2. The number of hydrogen-bond donors (Lipinski definition) is 1. The van der Waals surface area contributed by atoms with Crippen molar-refractivity contribution in [1.82, 2.24) is 5.32 Å². The molecule has 0 fully saturated rings. The monoisotopic (exact) mass is 510 g/mol. The van der Waals surface area contributed by atoms with Crippen LogP contribution in [-0.4, -0.2) is 0 Å². The van der Waals surface area contributed by atoms with Crippen LogP contribution < -0.4 is 5.32 Å². The third-order valence-electron chi connectivity index (χ3n) is 7.54. The maximum Gasteiger partial charge on any atom is 0.0991 e. The van der Waals surface area contributed by atoms with Gasteiger partial charge in [0, 0.05) is 16.5 Å². The number of nitrogens with one attached hydrogen (secondary N) is 1. The Morgan fingerprint density at radius 1 is 1.14 bits per heavy atom. The molecule has 0 radical (unpaired) electrons. The van der Waals surface area contributed by atoms with Crippen LogP contribution in [-0.2, 0) is 12.0 Å². The van der Waals surface area contributed by atoms with E-state index >= 15 is 0 Å². The Morgan fingerprint density at radius 2 is 1.92 bits per heavy atom. The summed E-state index contributed by atoms with van der Waals surface area (Å²) >= 11 is 1.80. The molecule has 0 saturated heterocycles. The van der Waals surface area contributed by atoms with Crippen LogP contribution in [0.1, 0.15) is 74.9 Å². The topological polar surface area (TPSA) is 35.8 Å². The number of thiophene rings is 1. The minimum Gasteiger partial charge on any atom is -0.378 e. The Morgan fingerprint density at radius 3 is 2.59 bits per heavy atom. The van der Waals surface area contributed by atoms with Crippen LogP contribution in [0.5, 0.6) is 0 Å². The molecule has 0 saturated carbocycles. The maximum atomic E-state index is 9.37. The van der Waals surface area contributed by atoms with Gasteiger partial charge in [0.1, 0.15) is 0 Å². The van der Waals surface area contributed by atoms with E-state index < -0.39 is 0 Å². The number of nitrogens with zero attached hydrogens (tertiary/aromatic N) is 1. The van der Waals surface area contributed by atoms with Crippen LogP contribution in [0.25, 0.3) is 11.1 Å². The van der Waals surface area contributed by atoms with Crippen LogP contribution in [0.2, 0.25) is 0 Å². The molecule has 3 unspecified atom stereocenters. The number of nitriles is 1. The van der Waals surface area contributed by atoms with Crippen molar-refractivity contribution in [2.75, 3.05) is 0 Å². The van der Waals surface area contributed by atoms with E-state index in [1.165, 1.54) is 41.0 Å². The molecular weight excluding hydrogens is 468 g/mol. The number of hydrogen-bond acceptors (Lipinski definition) is 3. The normalized spacial score (nSPS) is 14.9. The minimum atomic E-state index is -0.280. The highest BCUT2D eigenvalue weighted by Gasteiger charge is 2.39. The van der Waals surface area contributed by atoms with Crippen molar-refractivity contribution in [1.29, 1.82) is 5.26 Å². The van der Waals surface area contributed by atoms with Crippen molar-refractivity contribution in [3.05, 3.63) is 106 Å². The number of aryl methyl sites for hydroxylation is 2. The summed E-state index contributed by atoms with van der Waals surface area (Å²) in [6.07, 6.45) is 10.1. The Balaban J connectivity index is 1.92. The molecule has 0 bridgehead atoms. The molecule has 0 aliphatic rings. The Kier molecular flexibility index (Phi) is 10.4. The molecule has 3 heteroatoms. The van der Waals surface area contributed by atoms with Crippen LogP contribution in [0.15, 0.2) is 84.4 Å². The first-order chi connectivity index (χ1) is 17.8. The average Bonchev–Trinajstić information content (AvgIpc) is 3.40. The van der Waals surface area contributed by atoms with Crippen molar-refractivity contribution >= 4 is 11.3 Å². The molecule has 1 N–H and O–H groups in total. The first-order valence-electron chi connectivity index (χ1n) is 13.5. The third kappa shape index (κ3) is 7.24. The van der Waals surface area contributed by atoms with Gasteiger partial charge in [-0.25, -0.2) is 0 Å². The van der Waals surface area contributed by atoms with Crippen LogP contribution >= 0.6 is 11.3 Å². The molecule has 3 atom stereocenters. The molecule has 2 aromatic carbocycles. The number of allylic oxidation sites excluding steroid dienone is 2. The highest BCUT2D eigenvalue weighted by atomic mass is 32.1. The quantitative estimate of drug-likeness (QED) is 0.232. The zero-order chi connectivity index (χ0) is 26.8. The van der Waals surface area contributed by atoms with E-state index in [2.05, 4.69) is 107 Å². The molecule has 0 aliphatic carbocycles. The lowest BCUT2D eigenvalue weighted by Gasteiger charge is -2.42. The zero-order valence-corrected chi connectivity index (χ0v) is 24.0. The summed E-state index contributed by atoms with van der Waals surface area (Å²) in [7, 11) is 0. The SMILES string of the molecule is C=CC(C(CCC)CCCc1cccc(C)c1)C(C)(NC(C)=CC)c1cc(-c2cccc(C#N)c2)cs1. The molecule has 0 amide bonds. The third-order valence-corrected chi connectivity index (χ3v) is 8.70. The molecular formula is C34H42N2S. The largest absolute Gasteiger partial charge is 0.378 e. The summed E-state index contributed by atoms with van der Waals surface area (Å²) in [6.45, 7) is 15.4. The maximum absolute atomic E-state index is 9.37. The summed E-state index contributed by atoms with van der Waals surface area (Å²) in [5.41, 5.74) is 6.60. The fourth-order valence-electron chi connectivity index (χ4n) is 5.53. The van der Waals surface area contributed by atoms with Crippen LogP contribution in [0, 0.1) is 30.1 Å². The second kappa shape index (κ2) is 13.5. The lowest BCUT2D eigenvalue weighted by molar-refractivity contribution is 0.198. The van der Waals surface area contributed by atoms with E-state index in [1.54, 1.807) is 11.3 Å². The predicted octanol–water partition coefficient (Wildman–Crippen LogP) is 9.57. The van der Waals surface area contributed by atoms with Crippen molar-refractivity contribution in [3.8, 4) is 17.2 Å². The van der Waals surface area contributed by atoms with Gasteiger partial charge in [0.05, 0.1) is 17.2 Å². The van der Waals surface area contributed by atoms with Gasteiger partial charge in [0.2, 0.25) is 0 Å². The molecule has 1 aromatic heterocycles. The molecule has 2 nitrogen and oxygen atoms in total. The first kappa shape index (κ1) is 28.5. The Labute approximate surface area is 228 Å². The first-order valence-corrected chi connectivity index (χ1v) is 14.4. The fourth-order valence-corrected chi connectivity index (χ4v) is 6.61. The van der Waals surface area contributed by atoms with E-state index in [9.17, 15) is 5.26 Å². The van der Waals surface area contributed by atoms with Crippen molar-refractivity contribution in [2.45, 2.75) is 72.3 Å². The van der Waals surface area contributed by atoms with Gasteiger partial charge in [0.25, 0.3) is 0 Å². The second-order valence-electron chi connectivity index (χ2n) is 10.4. The van der Waals surface area contributed by atoms with E-state index in [1.807, 2.05) is 18.2 Å². The average molecular weight is 511 g/mol. The second-order valence-corrected chi connectivity index (χ2v) is 11.3. The standard InChI is InChI=1S/C34H42N2S/c1-7-13-29(18-11-16-27-15-10-14-25(4)20-27)32(9-3)34(6,36-26(5)8-2)33-22-31(24-37-33)30-19-12-17-28(21-30)23-35/h8-10,12,14-15,17,19-22,24,29,32,36H,3,7,11,13,16,18H2,1-2,4-6H3. The molecule has 0 spiro atoms.